The lowest BCUT2D eigenvalue weighted by atomic mass is 9.87. The highest BCUT2D eigenvalue weighted by Crippen LogP contribution is 2.40. The number of nitrogens with one attached hydrogen (secondary N) is 1. The number of aromatic nitrogens is 1. The second-order valence-corrected chi connectivity index (χ2v) is 10.6. The van der Waals surface area contributed by atoms with Gasteiger partial charge in [-0.15, -0.1) is 0 Å². The molecule has 1 saturated carbocycles. The fraction of sp³-hybridized carbons (Fsp3) is 0.476. The number of nitrogens with zero attached hydrogens (tertiary/aromatic N) is 3. The van der Waals surface area contributed by atoms with Crippen LogP contribution in [0.1, 0.15) is 32.6 Å². The van der Waals surface area contributed by atoms with E-state index in [0.717, 1.165) is 37.5 Å². The molecular weight excluding hydrogens is 465 g/mol. The summed E-state index contributed by atoms with van der Waals surface area (Å²) in [6.45, 7) is 3.15. The average Bonchev–Trinajstić information content (AvgIpc) is 3.06. The molecule has 1 aromatic heterocycles. The monoisotopic (exact) mass is 488 g/mol. The van der Waals surface area contributed by atoms with Gasteiger partial charge in [-0.05, 0) is 45.4 Å². The van der Waals surface area contributed by atoms with Crippen LogP contribution in [0, 0.1) is 17.6 Å². The first-order chi connectivity index (χ1) is 15.0. The van der Waals surface area contributed by atoms with Crippen molar-refractivity contribution in [3.05, 3.63) is 46.9 Å². The van der Waals surface area contributed by atoms with Crippen LogP contribution >= 0.6 is 11.6 Å². The fourth-order valence-corrected chi connectivity index (χ4v) is 5.82. The molecule has 1 saturated heterocycles. The van der Waals surface area contributed by atoms with Gasteiger partial charge < -0.3 is 4.90 Å². The summed E-state index contributed by atoms with van der Waals surface area (Å²) in [6, 6.07) is 4.83. The molecule has 11 heteroatoms. The van der Waals surface area contributed by atoms with Gasteiger partial charge in [-0.3, -0.25) is 9.62 Å². The van der Waals surface area contributed by atoms with Crippen LogP contribution in [0.3, 0.4) is 0 Å². The van der Waals surface area contributed by atoms with Gasteiger partial charge in [0.25, 0.3) is 10.0 Å². The summed E-state index contributed by atoms with van der Waals surface area (Å²) in [4.78, 5) is 6.23. The molecule has 4 rings (SSSR count). The van der Waals surface area contributed by atoms with Crippen molar-refractivity contribution >= 4 is 33.1 Å². The van der Waals surface area contributed by atoms with Crippen molar-refractivity contribution in [1.82, 2.24) is 9.88 Å². The van der Waals surface area contributed by atoms with Gasteiger partial charge in [-0.25, -0.2) is 22.2 Å². The zero-order chi connectivity index (χ0) is 23.3. The third-order valence-electron chi connectivity index (χ3n) is 6.59. The molecule has 0 amide bonds. The molecule has 1 unspecified atom stereocenters. The second kappa shape index (κ2) is 8.39. The number of rotatable bonds is 6. The van der Waals surface area contributed by atoms with Crippen LogP contribution in [0.25, 0.3) is 0 Å². The van der Waals surface area contributed by atoms with Gasteiger partial charge in [0, 0.05) is 30.7 Å². The van der Waals surface area contributed by atoms with Crippen molar-refractivity contribution in [2.24, 2.45) is 0 Å². The molecule has 1 aliphatic carbocycles. The van der Waals surface area contributed by atoms with E-state index in [1.54, 1.807) is 4.90 Å². The molecule has 174 valence electrons. The zero-order valence-corrected chi connectivity index (χ0v) is 19.3. The molecule has 2 aromatic rings. The van der Waals surface area contributed by atoms with Crippen molar-refractivity contribution in [2.75, 3.05) is 29.8 Å². The van der Waals surface area contributed by atoms with E-state index in [2.05, 4.69) is 23.9 Å². The number of hydrogen-bond donors (Lipinski definition) is 1. The van der Waals surface area contributed by atoms with Crippen LogP contribution in [-0.4, -0.2) is 50.0 Å². The second-order valence-electron chi connectivity index (χ2n) is 8.65. The van der Waals surface area contributed by atoms with Crippen LogP contribution in [-0.2, 0) is 10.0 Å². The number of pyridine rings is 1. The van der Waals surface area contributed by atoms with Gasteiger partial charge in [-0.2, -0.15) is 4.39 Å². The molecule has 1 N–H and O–H groups in total. The summed E-state index contributed by atoms with van der Waals surface area (Å²) in [5, 5.41) is -0.477. The molecule has 1 aromatic carbocycles. The number of sulfonamides is 1. The lowest BCUT2D eigenvalue weighted by Gasteiger charge is -2.45. The third-order valence-corrected chi connectivity index (χ3v) is 8.34. The van der Waals surface area contributed by atoms with Gasteiger partial charge >= 0.3 is 0 Å². The number of likely N-dealkylation sites (N-methyl/N-ethyl adjacent to an activating group) is 1. The van der Waals surface area contributed by atoms with Crippen LogP contribution in [0.5, 0.6) is 0 Å². The minimum absolute atomic E-state index is 0.107. The topological polar surface area (TPSA) is 65.5 Å². The maximum atomic E-state index is 15.1. The van der Waals surface area contributed by atoms with Crippen molar-refractivity contribution < 1.29 is 21.6 Å². The Labute approximate surface area is 190 Å². The quantitative estimate of drug-likeness (QED) is 0.482. The molecule has 0 bridgehead atoms. The third kappa shape index (κ3) is 4.15. The Morgan fingerprint density at radius 2 is 2.00 bits per heavy atom. The normalized spacial score (nSPS) is 21.8. The Hall–Kier alpha value is -2.04. The number of anilines is 2. The van der Waals surface area contributed by atoms with Crippen molar-refractivity contribution in [3.8, 4) is 0 Å². The van der Waals surface area contributed by atoms with Gasteiger partial charge in [-0.1, -0.05) is 24.1 Å². The standard InChI is InChI=1S/C21H24ClF3N4O2S/c1-21(28(2)13-5-3-6-13)9-10-29(12-21)15-11-14(23)20(19(25)18(15)22)32(30,31)27-17-8-4-7-16(24)26-17/h4,7-8,11,13H,3,5-6,9-10,12H2,1-2H3,(H,26,27). The van der Waals surface area contributed by atoms with E-state index in [0.29, 0.717) is 19.1 Å². The first kappa shape index (κ1) is 23.1. The number of halogens is 4. The highest BCUT2D eigenvalue weighted by atomic mass is 35.5. The van der Waals surface area contributed by atoms with E-state index >= 15 is 4.39 Å². The predicted octanol–water partition coefficient (Wildman–Crippen LogP) is 4.41. The summed E-state index contributed by atoms with van der Waals surface area (Å²) in [5.74, 6) is -4.03. The highest BCUT2D eigenvalue weighted by Gasteiger charge is 2.42. The molecular formula is C21H24ClF3N4O2S. The minimum atomic E-state index is -4.74. The van der Waals surface area contributed by atoms with Gasteiger partial charge in [0.2, 0.25) is 5.95 Å². The van der Waals surface area contributed by atoms with Crippen molar-refractivity contribution in [1.29, 1.82) is 0 Å². The van der Waals surface area contributed by atoms with E-state index in [4.69, 9.17) is 11.6 Å². The Bertz CT molecular complexity index is 1150. The van der Waals surface area contributed by atoms with Crippen molar-refractivity contribution in [2.45, 2.75) is 49.1 Å². The Morgan fingerprint density at radius 1 is 1.28 bits per heavy atom. The molecule has 2 heterocycles. The van der Waals surface area contributed by atoms with Crippen LogP contribution in [0.2, 0.25) is 5.02 Å². The van der Waals surface area contributed by atoms with Gasteiger partial charge in [0.1, 0.15) is 16.7 Å². The predicted molar refractivity (Wildman–Crippen MR) is 117 cm³/mol. The lowest BCUT2D eigenvalue weighted by molar-refractivity contribution is 0.0584. The Morgan fingerprint density at radius 3 is 2.62 bits per heavy atom. The zero-order valence-electron chi connectivity index (χ0n) is 17.7. The molecule has 32 heavy (non-hydrogen) atoms. The minimum Gasteiger partial charge on any atom is -0.368 e. The summed E-state index contributed by atoms with van der Waals surface area (Å²) in [6.07, 6.45) is 4.25. The Balaban J connectivity index is 1.62. The summed E-state index contributed by atoms with van der Waals surface area (Å²) in [7, 11) is -2.67. The van der Waals surface area contributed by atoms with Crippen LogP contribution < -0.4 is 9.62 Å². The molecule has 0 spiro atoms. The fourth-order valence-electron chi connectivity index (χ4n) is 4.35. The lowest BCUT2D eigenvalue weighted by Crippen LogP contribution is -2.53. The SMILES string of the molecule is CN(C1CCC1)C1(C)CCN(c2cc(F)c(S(=O)(=O)Nc3cccc(F)n3)c(F)c2Cl)C1. The number of benzene rings is 1. The van der Waals surface area contributed by atoms with Gasteiger partial charge in [0.05, 0.1) is 5.69 Å². The van der Waals surface area contributed by atoms with Crippen LogP contribution in [0.15, 0.2) is 29.2 Å². The van der Waals surface area contributed by atoms with E-state index in [-0.39, 0.29) is 11.2 Å². The largest absolute Gasteiger partial charge is 0.368 e. The molecule has 2 fully saturated rings. The van der Waals surface area contributed by atoms with E-state index in [9.17, 15) is 17.2 Å². The first-order valence-electron chi connectivity index (χ1n) is 10.3. The molecule has 6 nitrogen and oxygen atoms in total. The first-order valence-corrected chi connectivity index (χ1v) is 12.2. The highest BCUT2D eigenvalue weighted by molar-refractivity contribution is 7.92. The summed E-state index contributed by atoms with van der Waals surface area (Å²) >= 11 is 6.19. The maximum Gasteiger partial charge on any atom is 0.268 e. The number of hydrogen-bond acceptors (Lipinski definition) is 5. The van der Waals surface area contributed by atoms with Crippen molar-refractivity contribution in [3.63, 3.8) is 0 Å². The molecule has 1 atom stereocenters. The summed E-state index contributed by atoms with van der Waals surface area (Å²) in [5.41, 5.74) is -0.0771. The molecule has 2 aliphatic rings. The Kier molecular flexibility index (Phi) is 6.06. The molecule has 1 aliphatic heterocycles. The van der Waals surface area contributed by atoms with Gasteiger partial charge in [0.15, 0.2) is 10.7 Å². The van der Waals surface area contributed by atoms with E-state index in [1.165, 1.54) is 12.5 Å². The average molecular weight is 489 g/mol. The van der Waals surface area contributed by atoms with Crippen LogP contribution in [0.4, 0.5) is 24.7 Å². The van der Waals surface area contributed by atoms with E-state index in [1.807, 2.05) is 4.72 Å². The summed E-state index contributed by atoms with van der Waals surface area (Å²) < 4.78 is 70.4. The van der Waals surface area contributed by atoms with E-state index < -0.39 is 43.3 Å². The maximum absolute atomic E-state index is 15.1. The molecule has 0 radical (unpaired) electrons. The smallest absolute Gasteiger partial charge is 0.268 e.